The minimum Gasteiger partial charge on any atom is -0.367 e. The van der Waals surface area contributed by atoms with Gasteiger partial charge in [0.25, 0.3) is 0 Å². The van der Waals surface area contributed by atoms with E-state index >= 15 is 0 Å². The van der Waals surface area contributed by atoms with Crippen molar-refractivity contribution in [1.82, 2.24) is 15.0 Å². The summed E-state index contributed by atoms with van der Waals surface area (Å²) >= 11 is 0. The quantitative estimate of drug-likeness (QED) is 0.700. The number of ether oxygens (including phenoxy) is 1. The molecule has 0 bridgehead atoms. The van der Waals surface area contributed by atoms with Crippen LogP contribution in [0.3, 0.4) is 0 Å². The molecule has 0 radical (unpaired) electrons. The van der Waals surface area contributed by atoms with Gasteiger partial charge in [-0.3, -0.25) is 4.98 Å². The van der Waals surface area contributed by atoms with Gasteiger partial charge in [0.05, 0.1) is 13.2 Å². The Morgan fingerprint density at radius 1 is 1.11 bits per heavy atom. The zero-order valence-corrected chi connectivity index (χ0v) is 16.1. The van der Waals surface area contributed by atoms with Crippen LogP contribution >= 0.6 is 0 Å². The first-order chi connectivity index (χ1) is 13.8. The molecule has 142 valence electrons. The van der Waals surface area contributed by atoms with Gasteiger partial charge in [-0.05, 0) is 42.5 Å². The zero-order valence-electron chi connectivity index (χ0n) is 16.1. The van der Waals surface area contributed by atoms with Gasteiger partial charge in [0.1, 0.15) is 17.1 Å². The molecular weight excluding hydrogens is 348 g/mol. The molecule has 2 aromatic heterocycles. The molecule has 1 saturated heterocycles. The predicted molar refractivity (Wildman–Crippen MR) is 109 cm³/mol. The second kappa shape index (κ2) is 6.99. The van der Waals surface area contributed by atoms with Crippen LogP contribution in [0.4, 0.5) is 5.82 Å². The van der Waals surface area contributed by atoms with Crippen molar-refractivity contribution in [1.29, 1.82) is 0 Å². The normalized spacial score (nSPS) is 21.1. The Kier molecular flexibility index (Phi) is 4.32. The van der Waals surface area contributed by atoms with Gasteiger partial charge >= 0.3 is 0 Å². The molecule has 3 aromatic rings. The highest BCUT2D eigenvalue weighted by molar-refractivity contribution is 5.54. The van der Waals surface area contributed by atoms with Crippen LogP contribution in [0.15, 0.2) is 54.7 Å². The third-order valence-electron chi connectivity index (χ3n) is 5.84. The standard InChI is InChI=1S/C23H24N4O/c1-2-18-15-21(26-22(25-18)20-9-5-6-12-24-20)27-13-14-28-23(16-27)11-10-17-7-3-4-8-19(17)23/h3-9,12,15H,2,10-11,13-14,16H2,1H3. The SMILES string of the molecule is CCc1cc(N2CCOC3(CCc4ccccc43)C2)nc(-c2ccccn2)n1. The van der Waals surface area contributed by atoms with Crippen molar-refractivity contribution in [3.05, 3.63) is 71.5 Å². The number of pyridine rings is 1. The van der Waals surface area contributed by atoms with E-state index in [4.69, 9.17) is 14.7 Å². The van der Waals surface area contributed by atoms with Gasteiger partial charge < -0.3 is 9.64 Å². The highest BCUT2D eigenvalue weighted by atomic mass is 16.5. The molecule has 3 heterocycles. The average molecular weight is 372 g/mol. The first kappa shape index (κ1) is 17.3. The lowest BCUT2D eigenvalue weighted by Crippen LogP contribution is -2.49. The summed E-state index contributed by atoms with van der Waals surface area (Å²) < 4.78 is 6.38. The molecule has 1 fully saturated rings. The number of aromatic nitrogens is 3. The van der Waals surface area contributed by atoms with E-state index in [1.807, 2.05) is 18.2 Å². The topological polar surface area (TPSA) is 51.1 Å². The van der Waals surface area contributed by atoms with Crippen molar-refractivity contribution in [2.45, 2.75) is 31.8 Å². The maximum absolute atomic E-state index is 6.38. The van der Waals surface area contributed by atoms with Crippen molar-refractivity contribution in [2.75, 3.05) is 24.6 Å². The minimum absolute atomic E-state index is 0.225. The van der Waals surface area contributed by atoms with E-state index in [-0.39, 0.29) is 5.60 Å². The van der Waals surface area contributed by atoms with Crippen molar-refractivity contribution in [3.63, 3.8) is 0 Å². The van der Waals surface area contributed by atoms with Crippen LogP contribution in [-0.2, 0) is 23.2 Å². The fourth-order valence-corrected chi connectivity index (χ4v) is 4.38. The Morgan fingerprint density at radius 2 is 2.00 bits per heavy atom. The molecule has 5 nitrogen and oxygen atoms in total. The molecule has 1 spiro atoms. The molecule has 1 unspecified atom stereocenters. The average Bonchev–Trinajstić information content (AvgIpc) is 3.12. The maximum Gasteiger partial charge on any atom is 0.180 e. The van der Waals surface area contributed by atoms with Gasteiger partial charge in [-0.15, -0.1) is 0 Å². The maximum atomic E-state index is 6.38. The van der Waals surface area contributed by atoms with Crippen LogP contribution in [0.2, 0.25) is 0 Å². The molecule has 1 aromatic carbocycles. The predicted octanol–water partition coefficient (Wildman–Crippen LogP) is 3.78. The molecule has 5 rings (SSSR count). The summed E-state index contributed by atoms with van der Waals surface area (Å²) in [7, 11) is 0. The van der Waals surface area contributed by atoms with E-state index in [1.165, 1.54) is 11.1 Å². The van der Waals surface area contributed by atoms with E-state index in [1.54, 1.807) is 6.20 Å². The van der Waals surface area contributed by atoms with Crippen LogP contribution < -0.4 is 4.90 Å². The molecule has 0 amide bonds. The number of hydrogen-bond donors (Lipinski definition) is 0. The second-order valence-corrected chi connectivity index (χ2v) is 7.53. The smallest absolute Gasteiger partial charge is 0.180 e. The molecule has 1 atom stereocenters. The summed E-state index contributed by atoms with van der Waals surface area (Å²) in [5.41, 5.74) is 4.38. The molecule has 28 heavy (non-hydrogen) atoms. The number of morpholine rings is 1. The molecule has 5 heteroatoms. The highest BCUT2D eigenvalue weighted by Gasteiger charge is 2.43. The Morgan fingerprint density at radius 3 is 2.86 bits per heavy atom. The molecule has 1 aliphatic heterocycles. The van der Waals surface area contributed by atoms with E-state index in [2.05, 4.69) is 47.1 Å². The van der Waals surface area contributed by atoms with Crippen molar-refractivity contribution in [3.8, 4) is 11.5 Å². The molecule has 0 saturated carbocycles. The first-order valence-electron chi connectivity index (χ1n) is 10.0. The molecule has 1 aliphatic carbocycles. The Balaban J connectivity index is 1.51. The summed E-state index contributed by atoms with van der Waals surface area (Å²) in [6.45, 7) is 4.50. The Labute approximate surface area is 165 Å². The lowest BCUT2D eigenvalue weighted by molar-refractivity contribution is -0.0594. The fraction of sp³-hybridized carbons (Fsp3) is 0.348. The number of benzene rings is 1. The van der Waals surface area contributed by atoms with Gasteiger partial charge in [0.15, 0.2) is 5.82 Å². The second-order valence-electron chi connectivity index (χ2n) is 7.53. The summed E-state index contributed by atoms with van der Waals surface area (Å²) in [6.07, 6.45) is 4.76. The number of rotatable bonds is 3. The van der Waals surface area contributed by atoms with E-state index in [9.17, 15) is 0 Å². The van der Waals surface area contributed by atoms with Gasteiger partial charge in [-0.2, -0.15) is 0 Å². The number of anilines is 1. The monoisotopic (exact) mass is 372 g/mol. The summed E-state index contributed by atoms with van der Waals surface area (Å²) in [5, 5.41) is 0. The van der Waals surface area contributed by atoms with E-state index in [0.29, 0.717) is 12.4 Å². The highest BCUT2D eigenvalue weighted by Crippen LogP contribution is 2.42. The summed E-state index contributed by atoms with van der Waals surface area (Å²) in [4.78, 5) is 16.4. The van der Waals surface area contributed by atoms with Gasteiger partial charge in [0, 0.05) is 24.5 Å². The van der Waals surface area contributed by atoms with Crippen LogP contribution in [0.25, 0.3) is 11.5 Å². The lowest BCUT2D eigenvalue weighted by Gasteiger charge is -2.41. The van der Waals surface area contributed by atoms with Gasteiger partial charge in [-0.25, -0.2) is 9.97 Å². The molecular formula is C23H24N4O. The zero-order chi connectivity index (χ0) is 19.0. The van der Waals surface area contributed by atoms with Crippen molar-refractivity contribution >= 4 is 5.82 Å². The fourth-order valence-electron chi connectivity index (χ4n) is 4.38. The van der Waals surface area contributed by atoms with Crippen LogP contribution in [0.1, 0.15) is 30.2 Å². The largest absolute Gasteiger partial charge is 0.367 e. The van der Waals surface area contributed by atoms with E-state index in [0.717, 1.165) is 49.6 Å². The van der Waals surface area contributed by atoms with Crippen LogP contribution in [-0.4, -0.2) is 34.6 Å². The van der Waals surface area contributed by atoms with Crippen LogP contribution in [0.5, 0.6) is 0 Å². The number of aryl methyl sites for hydroxylation is 2. The minimum atomic E-state index is -0.225. The summed E-state index contributed by atoms with van der Waals surface area (Å²) in [6, 6.07) is 16.7. The third kappa shape index (κ3) is 2.96. The Hall–Kier alpha value is -2.79. The molecule has 0 N–H and O–H groups in total. The number of nitrogens with zero attached hydrogens (tertiary/aromatic N) is 4. The van der Waals surface area contributed by atoms with E-state index < -0.39 is 0 Å². The Bertz CT molecular complexity index is 987. The van der Waals surface area contributed by atoms with Crippen LogP contribution in [0, 0.1) is 0 Å². The lowest BCUT2D eigenvalue weighted by atomic mass is 9.93. The van der Waals surface area contributed by atoms with Gasteiger partial charge in [-0.1, -0.05) is 37.3 Å². The van der Waals surface area contributed by atoms with Crippen molar-refractivity contribution in [2.24, 2.45) is 0 Å². The first-order valence-corrected chi connectivity index (χ1v) is 10.0. The van der Waals surface area contributed by atoms with Gasteiger partial charge in [0.2, 0.25) is 0 Å². The summed E-state index contributed by atoms with van der Waals surface area (Å²) in [5.74, 6) is 1.67. The third-order valence-corrected chi connectivity index (χ3v) is 5.84. The molecule has 2 aliphatic rings. The van der Waals surface area contributed by atoms with Crippen molar-refractivity contribution < 1.29 is 4.74 Å². The number of fused-ring (bicyclic) bond motifs is 2. The number of hydrogen-bond acceptors (Lipinski definition) is 5.